The molecule has 0 aromatic rings. The van der Waals surface area contributed by atoms with Gasteiger partial charge in [0.25, 0.3) is 0 Å². The van der Waals surface area contributed by atoms with Gasteiger partial charge in [0.2, 0.25) is 0 Å². The predicted molar refractivity (Wildman–Crippen MR) is 152 cm³/mol. The third-order valence-corrected chi connectivity index (χ3v) is 7.47. The maximum Gasteiger partial charge on any atom is 0.335 e. The first-order valence-electron chi connectivity index (χ1n) is 14.4. The summed E-state index contributed by atoms with van der Waals surface area (Å²) in [5, 5.41) is 9.04. The Morgan fingerprint density at radius 1 is 1.00 bits per heavy atom. The summed E-state index contributed by atoms with van der Waals surface area (Å²) < 4.78 is 10.8. The summed E-state index contributed by atoms with van der Waals surface area (Å²) in [7, 11) is 0. The molecule has 1 saturated carbocycles. The van der Waals surface area contributed by atoms with E-state index >= 15 is 0 Å². The Labute approximate surface area is 226 Å². The molecule has 1 aliphatic rings. The van der Waals surface area contributed by atoms with Gasteiger partial charge in [-0.15, -0.1) is 0 Å². The zero-order chi connectivity index (χ0) is 27.8. The molecule has 0 aromatic heterocycles. The SMILES string of the molecule is C=C(C)C(=O)OC(CCOC(=O)C(=C)CO)C/C(C)=C/C(CC)=C(\CC)C1CCC(CCCCC)CC1. The first kappa shape index (κ1) is 32.9. The van der Waals surface area contributed by atoms with E-state index in [1.165, 1.54) is 56.9 Å². The van der Waals surface area contributed by atoms with Gasteiger partial charge in [0.1, 0.15) is 6.10 Å². The van der Waals surface area contributed by atoms with Gasteiger partial charge in [-0.1, -0.05) is 76.8 Å². The second kappa shape index (κ2) is 18.2. The molecule has 0 aliphatic heterocycles. The number of hydrogen-bond acceptors (Lipinski definition) is 5. The lowest BCUT2D eigenvalue weighted by Gasteiger charge is -2.31. The van der Waals surface area contributed by atoms with Crippen LogP contribution in [0.3, 0.4) is 0 Å². The van der Waals surface area contributed by atoms with Crippen LogP contribution >= 0.6 is 0 Å². The lowest BCUT2D eigenvalue weighted by Crippen LogP contribution is -2.22. The van der Waals surface area contributed by atoms with Crippen LogP contribution in [0.1, 0.15) is 112 Å². The monoisotopic (exact) mass is 516 g/mol. The Bertz CT molecular complexity index is 811. The van der Waals surface area contributed by atoms with Crippen molar-refractivity contribution in [2.24, 2.45) is 11.8 Å². The fraction of sp³-hybridized carbons (Fsp3) is 0.688. The summed E-state index contributed by atoms with van der Waals surface area (Å²) in [6.45, 7) is 17.3. The van der Waals surface area contributed by atoms with Crippen LogP contribution in [0.25, 0.3) is 0 Å². The molecule has 0 aromatic carbocycles. The molecule has 5 heteroatoms. The average Bonchev–Trinajstić information content (AvgIpc) is 2.88. The summed E-state index contributed by atoms with van der Waals surface area (Å²) in [6.07, 6.45) is 15.5. The van der Waals surface area contributed by atoms with E-state index in [1.54, 1.807) is 12.5 Å². The molecule has 1 unspecified atom stereocenters. The first-order chi connectivity index (χ1) is 17.7. The zero-order valence-corrected chi connectivity index (χ0v) is 24.2. The second-order valence-corrected chi connectivity index (χ2v) is 10.7. The van der Waals surface area contributed by atoms with Gasteiger partial charge in [0, 0.05) is 18.4 Å². The lowest BCUT2D eigenvalue weighted by molar-refractivity contribution is -0.146. The Morgan fingerprint density at radius 2 is 1.68 bits per heavy atom. The van der Waals surface area contributed by atoms with Gasteiger partial charge in [-0.25, -0.2) is 9.59 Å². The molecular weight excluding hydrogens is 464 g/mol. The fourth-order valence-electron chi connectivity index (χ4n) is 5.30. The van der Waals surface area contributed by atoms with Gasteiger partial charge in [0.15, 0.2) is 0 Å². The summed E-state index contributed by atoms with van der Waals surface area (Å²) in [6, 6.07) is 0. The largest absolute Gasteiger partial charge is 0.462 e. The van der Waals surface area contributed by atoms with E-state index < -0.39 is 24.6 Å². The number of carbonyl (C=O) groups excluding carboxylic acids is 2. The van der Waals surface area contributed by atoms with E-state index in [9.17, 15) is 9.59 Å². The molecule has 1 aliphatic carbocycles. The molecule has 0 heterocycles. The van der Waals surface area contributed by atoms with Gasteiger partial charge in [-0.2, -0.15) is 0 Å². The number of hydrogen-bond donors (Lipinski definition) is 1. The van der Waals surface area contributed by atoms with Crippen LogP contribution in [0, 0.1) is 11.8 Å². The van der Waals surface area contributed by atoms with Crippen molar-refractivity contribution >= 4 is 11.9 Å². The number of allylic oxidation sites excluding steroid dienone is 3. The minimum absolute atomic E-state index is 0.00590. The molecule has 0 spiro atoms. The standard InChI is InChI=1S/C32H52O5/c1-8-11-12-13-26-14-16-28(17-15-26)30(10-3)27(9-2)20-24(6)21-29(37-31(34)23(4)5)18-19-36-32(35)25(7)22-33/h20,26,28-29,33H,4,7-19,21-22H2,1-3,5-6H3/b24-20+,30-27+. The lowest BCUT2D eigenvalue weighted by atomic mass is 9.74. The highest BCUT2D eigenvalue weighted by atomic mass is 16.6. The summed E-state index contributed by atoms with van der Waals surface area (Å²) in [5.41, 5.74) is 4.48. The maximum absolute atomic E-state index is 12.2. The maximum atomic E-state index is 12.2. The molecule has 1 rings (SSSR count). The van der Waals surface area contributed by atoms with Crippen LogP contribution < -0.4 is 0 Å². The van der Waals surface area contributed by atoms with Crippen molar-refractivity contribution in [3.05, 3.63) is 47.1 Å². The highest BCUT2D eigenvalue weighted by molar-refractivity contribution is 5.88. The number of rotatable bonds is 17. The van der Waals surface area contributed by atoms with Crippen LogP contribution in [0.5, 0.6) is 0 Å². The molecule has 0 saturated heterocycles. The predicted octanol–water partition coefficient (Wildman–Crippen LogP) is 7.80. The number of carbonyl (C=O) groups is 2. The van der Waals surface area contributed by atoms with Gasteiger partial charge >= 0.3 is 11.9 Å². The Kier molecular flexibility index (Phi) is 16.1. The molecule has 1 atom stereocenters. The molecule has 5 nitrogen and oxygen atoms in total. The van der Waals surface area contributed by atoms with Crippen molar-refractivity contribution in [1.82, 2.24) is 0 Å². The highest BCUT2D eigenvalue weighted by Gasteiger charge is 2.24. The Balaban J connectivity index is 2.90. The minimum Gasteiger partial charge on any atom is -0.462 e. The van der Waals surface area contributed by atoms with E-state index in [1.807, 2.05) is 0 Å². The minimum atomic E-state index is -0.636. The number of aliphatic hydroxyl groups excluding tert-OH is 1. The Morgan fingerprint density at radius 3 is 2.22 bits per heavy atom. The normalized spacial score (nSPS) is 19.6. The van der Waals surface area contributed by atoms with Crippen molar-refractivity contribution in [1.29, 1.82) is 0 Å². The molecular formula is C32H52O5. The van der Waals surface area contributed by atoms with Crippen molar-refractivity contribution in [2.75, 3.05) is 13.2 Å². The van der Waals surface area contributed by atoms with E-state index in [4.69, 9.17) is 14.6 Å². The van der Waals surface area contributed by atoms with Crippen molar-refractivity contribution in [3.63, 3.8) is 0 Å². The summed E-state index contributed by atoms with van der Waals surface area (Å²) in [5.74, 6) is 0.488. The fourth-order valence-corrected chi connectivity index (χ4v) is 5.30. The molecule has 0 radical (unpaired) electrons. The van der Waals surface area contributed by atoms with Crippen molar-refractivity contribution in [2.45, 2.75) is 118 Å². The number of esters is 2. The topological polar surface area (TPSA) is 72.8 Å². The van der Waals surface area contributed by atoms with E-state index in [2.05, 4.69) is 46.9 Å². The molecule has 0 bridgehead atoms. The quantitative estimate of drug-likeness (QED) is 0.0924. The molecule has 37 heavy (non-hydrogen) atoms. The zero-order valence-electron chi connectivity index (χ0n) is 24.2. The van der Waals surface area contributed by atoms with Gasteiger partial charge < -0.3 is 14.6 Å². The van der Waals surface area contributed by atoms with Gasteiger partial charge in [0.05, 0.1) is 18.8 Å². The molecule has 1 N–H and O–H groups in total. The highest BCUT2D eigenvalue weighted by Crippen LogP contribution is 2.38. The third-order valence-electron chi connectivity index (χ3n) is 7.47. The first-order valence-corrected chi connectivity index (χ1v) is 14.4. The van der Waals surface area contributed by atoms with E-state index in [-0.39, 0.29) is 12.2 Å². The molecule has 0 amide bonds. The number of unbranched alkanes of at least 4 members (excludes halogenated alkanes) is 2. The number of aliphatic hydroxyl groups is 1. The average molecular weight is 517 g/mol. The van der Waals surface area contributed by atoms with Crippen LogP contribution in [-0.4, -0.2) is 36.4 Å². The van der Waals surface area contributed by atoms with Crippen LogP contribution in [0.2, 0.25) is 0 Å². The third kappa shape index (κ3) is 12.3. The van der Waals surface area contributed by atoms with Gasteiger partial charge in [-0.05, 0) is 69.8 Å². The second-order valence-electron chi connectivity index (χ2n) is 10.7. The molecule has 210 valence electrons. The molecule has 1 fully saturated rings. The van der Waals surface area contributed by atoms with Crippen molar-refractivity contribution in [3.8, 4) is 0 Å². The van der Waals surface area contributed by atoms with Gasteiger partial charge in [-0.3, -0.25) is 0 Å². The Hall–Kier alpha value is -2.14. The smallest absolute Gasteiger partial charge is 0.335 e. The summed E-state index contributed by atoms with van der Waals surface area (Å²) in [4.78, 5) is 24.0. The van der Waals surface area contributed by atoms with Crippen LogP contribution in [0.15, 0.2) is 47.1 Å². The summed E-state index contributed by atoms with van der Waals surface area (Å²) >= 11 is 0. The van der Waals surface area contributed by atoms with Crippen molar-refractivity contribution < 1.29 is 24.2 Å². The van der Waals surface area contributed by atoms with Crippen LogP contribution in [0.4, 0.5) is 0 Å². The number of ether oxygens (including phenoxy) is 2. The van der Waals surface area contributed by atoms with Crippen LogP contribution in [-0.2, 0) is 19.1 Å². The van der Waals surface area contributed by atoms with E-state index in [0.29, 0.717) is 24.3 Å². The van der Waals surface area contributed by atoms with E-state index in [0.717, 1.165) is 24.3 Å².